The molecule has 0 saturated carbocycles. The van der Waals surface area contributed by atoms with Crippen LogP contribution in [0, 0.1) is 0 Å². The highest BCUT2D eigenvalue weighted by molar-refractivity contribution is 7.10. The van der Waals surface area contributed by atoms with Gasteiger partial charge in [-0.2, -0.15) is 0 Å². The zero-order valence-corrected chi connectivity index (χ0v) is 13.4. The zero-order valence-electron chi connectivity index (χ0n) is 12.5. The number of benzene rings is 1. The Hall–Kier alpha value is -2.05. The van der Waals surface area contributed by atoms with Gasteiger partial charge < -0.3 is 19.9 Å². The average molecular weight is 321 g/mol. The van der Waals surface area contributed by atoms with Crippen molar-refractivity contribution in [3.63, 3.8) is 0 Å². The molecule has 2 N–H and O–H groups in total. The van der Waals surface area contributed by atoms with Gasteiger partial charge in [0.05, 0.1) is 26.7 Å². The van der Waals surface area contributed by atoms with Crippen LogP contribution in [-0.4, -0.2) is 31.8 Å². The number of hydrogen-bond donors (Lipinski definition) is 2. The molecular formula is C16H19NO4S. The summed E-state index contributed by atoms with van der Waals surface area (Å²) in [6.45, 7) is 0.152. The largest absolute Gasteiger partial charge is 0.493 e. The van der Waals surface area contributed by atoms with Crippen molar-refractivity contribution in [3.05, 3.63) is 46.2 Å². The number of nitrogens with one attached hydrogen (secondary N) is 1. The second-order valence-electron chi connectivity index (χ2n) is 4.69. The Kier molecular flexibility index (Phi) is 5.80. The highest BCUT2D eigenvalue weighted by atomic mass is 32.1. The molecule has 0 spiro atoms. The monoisotopic (exact) mass is 321 g/mol. The van der Waals surface area contributed by atoms with Crippen molar-refractivity contribution in [2.75, 3.05) is 20.8 Å². The summed E-state index contributed by atoms with van der Waals surface area (Å²) in [5, 5.41) is 14.8. The maximum Gasteiger partial charge on any atom is 0.225 e. The Labute approximate surface area is 133 Å². The van der Waals surface area contributed by atoms with Crippen molar-refractivity contribution in [1.82, 2.24) is 5.32 Å². The summed E-state index contributed by atoms with van der Waals surface area (Å²) in [6.07, 6.45) is -0.469. The van der Waals surface area contributed by atoms with E-state index in [-0.39, 0.29) is 12.5 Å². The fourth-order valence-corrected chi connectivity index (χ4v) is 2.73. The van der Waals surface area contributed by atoms with Crippen molar-refractivity contribution in [3.8, 4) is 11.5 Å². The van der Waals surface area contributed by atoms with Gasteiger partial charge in [-0.25, -0.2) is 0 Å². The lowest BCUT2D eigenvalue weighted by Crippen LogP contribution is -2.29. The molecule has 0 saturated heterocycles. The van der Waals surface area contributed by atoms with Gasteiger partial charge in [0.1, 0.15) is 0 Å². The number of methoxy groups -OCH3 is 2. The number of hydrogen-bond acceptors (Lipinski definition) is 5. The topological polar surface area (TPSA) is 67.8 Å². The summed E-state index contributed by atoms with van der Waals surface area (Å²) >= 11 is 1.54. The summed E-state index contributed by atoms with van der Waals surface area (Å²) < 4.78 is 10.4. The van der Waals surface area contributed by atoms with Gasteiger partial charge in [0, 0.05) is 11.4 Å². The molecule has 1 aromatic carbocycles. The molecule has 0 aliphatic heterocycles. The van der Waals surface area contributed by atoms with Crippen LogP contribution in [0.25, 0.3) is 0 Å². The van der Waals surface area contributed by atoms with E-state index in [9.17, 15) is 9.90 Å². The molecule has 1 unspecified atom stereocenters. The second kappa shape index (κ2) is 7.82. The van der Waals surface area contributed by atoms with Gasteiger partial charge >= 0.3 is 0 Å². The van der Waals surface area contributed by atoms with E-state index >= 15 is 0 Å². The summed E-state index contributed by atoms with van der Waals surface area (Å²) in [5.41, 5.74) is 0.661. The molecule has 1 heterocycles. The van der Waals surface area contributed by atoms with Gasteiger partial charge in [-0.05, 0) is 29.1 Å². The van der Waals surface area contributed by atoms with Gasteiger partial charge in [-0.3, -0.25) is 4.79 Å². The van der Waals surface area contributed by atoms with E-state index < -0.39 is 6.10 Å². The lowest BCUT2D eigenvalue weighted by Gasteiger charge is -2.14. The Balaban J connectivity index is 1.91. The van der Waals surface area contributed by atoms with Crippen LogP contribution < -0.4 is 14.8 Å². The van der Waals surface area contributed by atoms with E-state index in [1.165, 1.54) is 18.4 Å². The lowest BCUT2D eigenvalue weighted by atomic mass is 10.1. The minimum Gasteiger partial charge on any atom is -0.493 e. The van der Waals surface area contributed by atoms with Crippen LogP contribution in [0.5, 0.6) is 11.5 Å². The first-order valence-electron chi connectivity index (χ1n) is 6.83. The van der Waals surface area contributed by atoms with Gasteiger partial charge in [0.15, 0.2) is 11.5 Å². The second-order valence-corrected chi connectivity index (χ2v) is 5.72. The number of rotatable bonds is 7. The molecule has 1 amide bonds. The lowest BCUT2D eigenvalue weighted by molar-refractivity contribution is -0.120. The number of thiophene rings is 1. The average Bonchev–Trinajstić information content (AvgIpc) is 3.04. The molecular weight excluding hydrogens is 302 g/mol. The maximum absolute atomic E-state index is 11.8. The Bertz CT molecular complexity index is 613. The maximum atomic E-state index is 11.8. The third-order valence-corrected chi connectivity index (χ3v) is 4.08. The minimum absolute atomic E-state index is 0.109. The zero-order chi connectivity index (χ0) is 15.9. The van der Waals surface area contributed by atoms with Gasteiger partial charge in [-0.15, -0.1) is 11.3 Å². The molecule has 6 heteroatoms. The van der Waals surface area contributed by atoms with Crippen molar-refractivity contribution < 1.29 is 19.4 Å². The Morgan fingerprint density at radius 2 is 2.05 bits per heavy atom. The number of carbonyl (C=O) groups is 1. The molecule has 5 nitrogen and oxygen atoms in total. The Morgan fingerprint density at radius 1 is 1.27 bits per heavy atom. The van der Waals surface area contributed by atoms with E-state index in [0.29, 0.717) is 23.5 Å². The molecule has 0 fully saturated rings. The molecule has 22 heavy (non-hydrogen) atoms. The number of amides is 1. The standard InChI is InChI=1S/C16H19NO4S/c1-20-14-6-5-11(8-15(14)21-2)13(18)10-17-16(19)9-12-4-3-7-22-12/h3-8,13,18H,9-10H2,1-2H3,(H,17,19). The van der Waals surface area contributed by atoms with Crippen LogP contribution in [0.1, 0.15) is 16.5 Å². The van der Waals surface area contributed by atoms with Crippen molar-refractivity contribution >= 4 is 17.2 Å². The van der Waals surface area contributed by atoms with Crippen LogP contribution in [0.3, 0.4) is 0 Å². The van der Waals surface area contributed by atoms with Crippen molar-refractivity contribution in [2.24, 2.45) is 0 Å². The minimum atomic E-state index is -0.799. The van der Waals surface area contributed by atoms with Crippen molar-refractivity contribution in [2.45, 2.75) is 12.5 Å². The quantitative estimate of drug-likeness (QED) is 0.820. The van der Waals surface area contributed by atoms with Gasteiger partial charge in [-0.1, -0.05) is 12.1 Å². The number of aliphatic hydroxyl groups is 1. The van der Waals surface area contributed by atoms with Crippen LogP contribution in [0.4, 0.5) is 0 Å². The van der Waals surface area contributed by atoms with E-state index in [1.807, 2.05) is 17.5 Å². The van der Waals surface area contributed by atoms with Crippen LogP contribution in [0.15, 0.2) is 35.7 Å². The predicted octanol–water partition coefficient (Wildman–Crippen LogP) is 2.16. The summed E-state index contributed by atoms with van der Waals surface area (Å²) in [5.74, 6) is 1.03. The third-order valence-electron chi connectivity index (χ3n) is 3.20. The molecule has 1 aromatic heterocycles. The van der Waals surface area contributed by atoms with E-state index in [4.69, 9.17) is 9.47 Å². The molecule has 0 aliphatic rings. The van der Waals surface area contributed by atoms with Gasteiger partial charge in [0.2, 0.25) is 5.91 Å². The highest BCUT2D eigenvalue weighted by Gasteiger charge is 2.13. The first-order chi connectivity index (χ1) is 10.6. The fraction of sp³-hybridized carbons (Fsp3) is 0.312. The summed E-state index contributed by atoms with van der Waals surface area (Å²) in [4.78, 5) is 12.8. The van der Waals surface area contributed by atoms with E-state index in [0.717, 1.165) is 4.88 Å². The van der Waals surface area contributed by atoms with Gasteiger partial charge in [0.25, 0.3) is 0 Å². The fourth-order valence-electron chi connectivity index (χ4n) is 2.02. The first-order valence-corrected chi connectivity index (χ1v) is 7.71. The summed E-state index contributed by atoms with van der Waals surface area (Å²) in [7, 11) is 3.09. The Morgan fingerprint density at radius 3 is 2.68 bits per heavy atom. The third kappa shape index (κ3) is 4.22. The molecule has 2 rings (SSSR count). The molecule has 118 valence electrons. The normalized spacial score (nSPS) is 11.8. The molecule has 0 bridgehead atoms. The van der Waals surface area contributed by atoms with Crippen molar-refractivity contribution in [1.29, 1.82) is 0 Å². The van der Waals surface area contributed by atoms with Crippen LogP contribution >= 0.6 is 11.3 Å². The number of aliphatic hydroxyl groups excluding tert-OH is 1. The van der Waals surface area contributed by atoms with Crippen LogP contribution in [-0.2, 0) is 11.2 Å². The molecule has 0 radical (unpaired) electrons. The molecule has 2 aromatic rings. The predicted molar refractivity (Wildman–Crippen MR) is 85.5 cm³/mol. The van der Waals surface area contributed by atoms with E-state index in [1.54, 1.807) is 25.3 Å². The summed E-state index contributed by atoms with van der Waals surface area (Å²) in [6, 6.07) is 9.00. The number of carbonyl (C=O) groups excluding carboxylic acids is 1. The smallest absolute Gasteiger partial charge is 0.225 e. The highest BCUT2D eigenvalue weighted by Crippen LogP contribution is 2.29. The van der Waals surface area contributed by atoms with E-state index in [2.05, 4.69) is 5.32 Å². The number of ether oxygens (including phenoxy) is 2. The SMILES string of the molecule is COc1ccc(C(O)CNC(=O)Cc2cccs2)cc1OC. The van der Waals surface area contributed by atoms with Crippen LogP contribution in [0.2, 0.25) is 0 Å². The first kappa shape index (κ1) is 16.3. The molecule has 1 atom stereocenters. The molecule has 0 aliphatic carbocycles.